The van der Waals surface area contributed by atoms with E-state index in [1.807, 2.05) is 13.0 Å². The molecule has 4 aromatic rings. The Morgan fingerprint density at radius 1 is 1.09 bits per heavy atom. The summed E-state index contributed by atoms with van der Waals surface area (Å²) in [6.45, 7) is 3.88. The Kier molecular flexibility index (Phi) is 8.98. The Balaban J connectivity index is 1.67. The molecule has 0 saturated heterocycles. The largest absolute Gasteiger partial charge is 0.496 e. The van der Waals surface area contributed by atoms with Crippen molar-refractivity contribution in [3.63, 3.8) is 0 Å². The monoisotopic (exact) mass is 620 g/mol. The van der Waals surface area contributed by atoms with E-state index in [2.05, 4.69) is 0 Å². The van der Waals surface area contributed by atoms with E-state index in [0.717, 1.165) is 6.42 Å². The molecule has 222 valence electrons. The van der Waals surface area contributed by atoms with E-state index < -0.39 is 18.0 Å². The molecule has 2 aromatic heterocycles. The molecule has 0 aliphatic carbocycles. The molecule has 1 aliphatic rings. The van der Waals surface area contributed by atoms with Crippen LogP contribution >= 0.6 is 22.9 Å². The van der Waals surface area contributed by atoms with Crippen LogP contribution in [0.2, 0.25) is 5.02 Å². The molecule has 0 bridgehead atoms. The van der Waals surface area contributed by atoms with Crippen LogP contribution in [0.4, 0.5) is 0 Å². The van der Waals surface area contributed by atoms with Gasteiger partial charge < -0.3 is 18.6 Å². The van der Waals surface area contributed by atoms with Crippen molar-refractivity contribution in [3.8, 4) is 17.1 Å². The van der Waals surface area contributed by atoms with Gasteiger partial charge in [-0.15, -0.1) is 0 Å². The highest BCUT2D eigenvalue weighted by molar-refractivity contribution is 7.07. The van der Waals surface area contributed by atoms with Crippen molar-refractivity contribution in [3.05, 3.63) is 107 Å². The van der Waals surface area contributed by atoms with Crippen LogP contribution in [0.3, 0.4) is 0 Å². The number of esters is 2. The van der Waals surface area contributed by atoms with Crippen LogP contribution in [-0.4, -0.2) is 37.3 Å². The molecule has 0 N–H and O–H groups in total. The van der Waals surface area contributed by atoms with Crippen molar-refractivity contribution >= 4 is 41.0 Å². The van der Waals surface area contributed by atoms with Crippen molar-refractivity contribution in [1.82, 2.24) is 4.57 Å². The van der Waals surface area contributed by atoms with Gasteiger partial charge in [0.05, 0.1) is 42.2 Å². The molecule has 0 fully saturated rings. The van der Waals surface area contributed by atoms with E-state index >= 15 is 0 Å². The highest BCUT2D eigenvalue weighted by Gasteiger charge is 2.36. The van der Waals surface area contributed by atoms with Gasteiger partial charge in [0.1, 0.15) is 23.3 Å². The number of hydrogen-bond acceptors (Lipinski definition) is 9. The summed E-state index contributed by atoms with van der Waals surface area (Å²) in [5.74, 6) is 0.402. The van der Waals surface area contributed by atoms with E-state index in [-0.39, 0.29) is 17.7 Å². The summed E-state index contributed by atoms with van der Waals surface area (Å²) in [6.07, 6.45) is 2.87. The third-order valence-electron chi connectivity index (χ3n) is 6.85. The standard InChI is InChI=1S/C32H29ClN2O7S/c1-5-8-23-27(31(38)41-6-2)28(22-16-20(33)11-13-25(22)39-3)35-29(36)26(43-32(35)34-23)17-21-12-14-24(42-21)18-9-7-10-19(15-18)30(37)40-4/h7,9-17,28H,5-6,8H2,1-4H3/b26-17+/t28-/m0/s1. The van der Waals surface area contributed by atoms with Gasteiger partial charge >= 0.3 is 11.9 Å². The number of ether oxygens (including phenoxy) is 3. The number of hydrogen-bond donors (Lipinski definition) is 0. The maximum Gasteiger partial charge on any atom is 0.338 e. The first-order chi connectivity index (χ1) is 20.8. The van der Waals surface area contributed by atoms with Crippen LogP contribution in [0.1, 0.15) is 54.4 Å². The lowest BCUT2D eigenvalue weighted by Gasteiger charge is -2.27. The number of aromatic nitrogens is 1. The molecule has 0 saturated carbocycles. The number of thiazole rings is 1. The molecular formula is C32H29ClN2O7S. The van der Waals surface area contributed by atoms with Gasteiger partial charge in [0.2, 0.25) is 0 Å². The number of furan rings is 1. The zero-order chi connectivity index (χ0) is 30.7. The number of allylic oxidation sites excluding steroid dienone is 1. The SMILES string of the molecule is CCCC1=C(C(=O)OCC)[C@H](c2cc(Cl)ccc2OC)n2c(s/c(=C/c3ccc(-c4cccc(C(=O)OC)c4)o3)c2=O)=N1. The molecule has 0 radical (unpaired) electrons. The van der Waals surface area contributed by atoms with Crippen molar-refractivity contribution in [2.75, 3.05) is 20.8 Å². The highest BCUT2D eigenvalue weighted by atomic mass is 35.5. The first-order valence-corrected chi connectivity index (χ1v) is 14.8. The molecule has 9 nitrogen and oxygen atoms in total. The minimum absolute atomic E-state index is 0.162. The fourth-order valence-electron chi connectivity index (χ4n) is 4.97. The summed E-state index contributed by atoms with van der Waals surface area (Å²) in [5, 5.41) is 0.426. The smallest absolute Gasteiger partial charge is 0.338 e. The van der Waals surface area contributed by atoms with E-state index in [1.54, 1.807) is 61.5 Å². The lowest BCUT2D eigenvalue weighted by atomic mass is 9.93. The predicted octanol–water partition coefficient (Wildman–Crippen LogP) is 5.29. The van der Waals surface area contributed by atoms with Crippen molar-refractivity contribution < 1.29 is 28.2 Å². The van der Waals surface area contributed by atoms with Gasteiger partial charge in [0.15, 0.2) is 4.80 Å². The number of carbonyl (C=O) groups excluding carboxylic acids is 2. The topological polar surface area (TPSA) is 109 Å². The zero-order valence-electron chi connectivity index (χ0n) is 24.0. The summed E-state index contributed by atoms with van der Waals surface area (Å²) in [4.78, 5) is 44.6. The second-order valence-electron chi connectivity index (χ2n) is 9.57. The third-order valence-corrected chi connectivity index (χ3v) is 8.06. The first kappa shape index (κ1) is 30.1. The molecule has 3 heterocycles. The third kappa shape index (κ3) is 5.93. The fraction of sp³-hybridized carbons (Fsp3) is 0.250. The maximum atomic E-state index is 14.0. The van der Waals surface area contributed by atoms with Crippen molar-refractivity contribution in [2.45, 2.75) is 32.7 Å². The first-order valence-electron chi connectivity index (χ1n) is 13.6. The van der Waals surface area contributed by atoms with E-state index in [1.165, 1.54) is 30.1 Å². The fourth-order valence-corrected chi connectivity index (χ4v) is 6.15. The molecule has 2 aromatic carbocycles. The van der Waals surface area contributed by atoms with Crippen molar-refractivity contribution in [1.29, 1.82) is 0 Å². The number of nitrogens with zero attached hydrogens (tertiary/aromatic N) is 2. The quantitative estimate of drug-likeness (QED) is 0.234. The van der Waals surface area contributed by atoms with Gasteiger partial charge in [-0.2, -0.15) is 0 Å². The van der Waals surface area contributed by atoms with Crippen LogP contribution < -0.4 is 19.6 Å². The number of rotatable bonds is 9. The van der Waals surface area contributed by atoms with E-state index in [0.29, 0.717) is 60.4 Å². The van der Waals surface area contributed by atoms with Gasteiger partial charge in [-0.3, -0.25) is 9.36 Å². The Bertz CT molecular complexity index is 1920. The summed E-state index contributed by atoms with van der Waals surface area (Å²) < 4.78 is 23.8. The van der Waals surface area contributed by atoms with Crippen LogP contribution in [0.5, 0.6) is 5.75 Å². The lowest BCUT2D eigenvalue weighted by Crippen LogP contribution is -2.40. The molecule has 0 spiro atoms. The zero-order valence-corrected chi connectivity index (χ0v) is 25.6. The summed E-state index contributed by atoms with van der Waals surface area (Å²) in [6, 6.07) is 14.6. The highest BCUT2D eigenvalue weighted by Crippen LogP contribution is 2.38. The summed E-state index contributed by atoms with van der Waals surface area (Å²) >= 11 is 7.60. The van der Waals surface area contributed by atoms with Gasteiger partial charge in [-0.05, 0) is 55.8 Å². The number of benzene rings is 2. The van der Waals surface area contributed by atoms with Gasteiger partial charge in [-0.1, -0.05) is 48.4 Å². The van der Waals surface area contributed by atoms with Gasteiger partial charge in [0, 0.05) is 22.2 Å². The molecule has 0 unspecified atom stereocenters. The molecule has 5 rings (SSSR count). The van der Waals surface area contributed by atoms with Gasteiger partial charge in [-0.25, -0.2) is 14.6 Å². The number of fused-ring (bicyclic) bond motifs is 1. The summed E-state index contributed by atoms with van der Waals surface area (Å²) in [5.41, 5.74) is 2.07. The Hall–Kier alpha value is -4.41. The molecule has 0 amide bonds. The Morgan fingerprint density at radius 3 is 2.63 bits per heavy atom. The predicted molar refractivity (Wildman–Crippen MR) is 163 cm³/mol. The van der Waals surface area contributed by atoms with Crippen LogP contribution in [0, 0.1) is 0 Å². The molecule has 1 aliphatic heterocycles. The normalized spacial score (nSPS) is 14.7. The molecule has 1 atom stereocenters. The average Bonchev–Trinajstić information content (AvgIpc) is 3.60. The average molecular weight is 621 g/mol. The minimum atomic E-state index is -0.874. The number of halogens is 1. The number of carbonyl (C=O) groups is 2. The van der Waals surface area contributed by atoms with Crippen molar-refractivity contribution in [2.24, 2.45) is 4.99 Å². The van der Waals surface area contributed by atoms with Crippen LogP contribution in [0.25, 0.3) is 17.4 Å². The second kappa shape index (κ2) is 12.8. The van der Waals surface area contributed by atoms with E-state index in [9.17, 15) is 14.4 Å². The Labute approximate surface area is 256 Å². The lowest BCUT2D eigenvalue weighted by molar-refractivity contribution is -0.139. The minimum Gasteiger partial charge on any atom is -0.496 e. The molecule has 43 heavy (non-hydrogen) atoms. The molecule has 11 heteroatoms. The molecular weight excluding hydrogens is 592 g/mol. The second-order valence-corrected chi connectivity index (χ2v) is 11.0. The maximum absolute atomic E-state index is 14.0. The van der Waals surface area contributed by atoms with Crippen LogP contribution in [0.15, 0.2) is 80.1 Å². The van der Waals surface area contributed by atoms with Gasteiger partial charge in [0.25, 0.3) is 5.56 Å². The van der Waals surface area contributed by atoms with E-state index in [4.69, 9.17) is 35.2 Å². The number of methoxy groups -OCH3 is 2. The van der Waals surface area contributed by atoms with Crippen LogP contribution in [-0.2, 0) is 14.3 Å². The summed E-state index contributed by atoms with van der Waals surface area (Å²) in [7, 11) is 2.84. The Morgan fingerprint density at radius 2 is 1.91 bits per heavy atom.